The molecular weight excluding hydrogens is 266 g/mol. The Morgan fingerprint density at radius 3 is 2.05 bits per heavy atom. The monoisotopic (exact) mass is 285 g/mol. The predicted molar refractivity (Wildman–Crippen MR) is 81.9 cm³/mol. The minimum Gasteiger partial charge on any atom is -0.393 e. The zero-order valence-corrected chi connectivity index (χ0v) is 11.9. The van der Waals surface area contributed by atoms with Gasteiger partial charge in [-0.15, -0.1) is 0 Å². The molecule has 0 heterocycles. The Labute approximate surface area is 124 Å². The van der Waals surface area contributed by atoms with Crippen LogP contribution in [0.4, 0.5) is 0 Å². The summed E-state index contributed by atoms with van der Waals surface area (Å²) in [6, 6.07) is 18.5. The van der Waals surface area contributed by atoms with Gasteiger partial charge in [-0.1, -0.05) is 65.8 Å². The second kappa shape index (κ2) is 7.57. The summed E-state index contributed by atoms with van der Waals surface area (Å²) in [6.07, 6.45) is -1.54. The van der Waals surface area contributed by atoms with Crippen LogP contribution in [0.15, 0.2) is 65.8 Å². The summed E-state index contributed by atoms with van der Waals surface area (Å²) in [7, 11) is 0. The van der Waals surface area contributed by atoms with Crippen LogP contribution in [0.2, 0.25) is 0 Å². The van der Waals surface area contributed by atoms with Crippen molar-refractivity contribution in [3.63, 3.8) is 0 Å². The van der Waals surface area contributed by atoms with Crippen molar-refractivity contribution in [2.24, 2.45) is 5.16 Å². The van der Waals surface area contributed by atoms with Crippen LogP contribution in [0.25, 0.3) is 0 Å². The van der Waals surface area contributed by atoms with Crippen LogP contribution in [0.1, 0.15) is 30.3 Å². The first-order chi connectivity index (χ1) is 10.2. The summed E-state index contributed by atoms with van der Waals surface area (Å²) in [5.74, 6) is 0. The molecule has 21 heavy (non-hydrogen) atoms. The zero-order chi connectivity index (χ0) is 15.1. The molecule has 0 amide bonds. The van der Waals surface area contributed by atoms with Crippen LogP contribution in [-0.2, 0) is 4.84 Å². The van der Waals surface area contributed by atoms with Gasteiger partial charge in [0, 0.05) is 0 Å². The van der Waals surface area contributed by atoms with Crippen molar-refractivity contribution in [1.82, 2.24) is 0 Å². The zero-order valence-electron chi connectivity index (χ0n) is 11.9. The van der Waals surface area contributed by atoms with Gasteiger partial charge in [0.2, 0.25) is 0 Å². The summed E-state index contributed by atoms with van der Waals surface area (Å²) in [5.41, 5.74) is 1.97. The first-order valence-corrected chi connectivity index (χ1v) is 6.81. The quantitative estimate of drug-likeness (QED) is 0.633. The van der Waals surface area contributed by atoms with Crippen molar-refractivity contribution in [2.75, 3.05) is 6.61 Å². The third-order valence-electron chi connectivity index (χ3n) is 3.14. The predicted octanol–water partition coefficient (Wildman–Crippen LogP) is 2.85. The van der Waals surface area contributed by atoms with Crippen molar-refractivity contribution in [3.05, 3.63) is 71.8 Å². The molecule has 0 saturated heterocycles. The molecule has 2 rings (SSSR count). The van der Waals surface area contributed by atoms with Gasteiger partial charge in [-0.05, 0) is 18.1 Å². The minimum atomic E-state index is -0.805. The van der Waals surface area contributed by atoms with E-state index in [2.05, 4.69) is 5.16 Å². The Balaban J connectivity index is 1.89. The van der Waals surface area contributed by atoms with Gasteiger partial charge >= 0.3 is 0 Å². The highest BCUT2D eigenvalue weighted by Gasteiger charge is 2.12. The molecule has 4 nitrogen and oxygen atoms in total. The Hall–Kier alpha value is -2.17. The topological polar surface area (TPSA) is 62.0 Å². The van der Waals surface area contributed by atoms with Crippen molar-refractivity contribution >= 4 is 5.71 Å². The fourth-order valence-electron chi connectivity index (χ4n) is 1.91. The Morgan fingerprint density at radius 2 is 1.48 bits per heavy atom. The summed E-state index contributed by atoms with van der Waals surface area (Å²) >= 11 is 0. The van der Waals surface area contributed by atoms with E-state index in [-0.39, 0.29) is 6.61 Å². The summed E-state index contributed by atoms with van der Waals surface area (Å²) in [6.45, 7) is 1.73. The lowest BCUT2D eigenvalue weighted by atomic mass is 10.1. The second-order valence-electron chi connectivity index (χ2n) is 4.77. The highest BCUT2D eigenvalue weighted by Crippen LogP contribution is 2.15. The van der Waals surface area contributed by atoms with Gasteiger partial charge in [0.05, 0.1) is 5.71 Å². The van der Waals surface area contributed by atoms with Crippen molar-refractivity contribution in [1.29, 1.82) is 0 Å². The number of hydrogen-bond acceptors (Lipinski definition) is 4. The molecule has 0 bridgehead atoms. The molecule has 0 radical (unpaired) electrons. The van der Waals surface area contributed by atoms with E-state index in [1.165, 1.54) is 0 Å². The molecule has 2 atom stereocenters. The van der Waals surface area contributed by atoms with Crippen LogP contribution in [0, 0.1) is 0 Å². The van der Waals surface area contributed by atoms with E-state index in [0.717, 1.165) is 11.1 Å². The van der Waals surface area contributed by atoms with Gasteiger partial charge in [-0.25, -0.2) is 0 Å². The van der Waals surface area contributed by atoms with Crippen molar-refractivity contribution in [3.8, 4) is 0 Å². The number of aliphatic hydroxyl groups excluding tert-OH is 2. The number of rotatable bonds is 6. The molecule has 4 heteroatoms. The van der Waals surface area contributed by atoms with Crippen LogP contribution in [0.3, 0.4) is 0 Å². The minimum absolute atomic E-state index is 0.0445. The van der Waals surface area contributed by atoms with Gasteiger partial charge in [0.25, 0.3) is 0 Å². The molecule has 0 spiro atoms. The average molecular weight is 285 g/mol. The maximum Gasteiger partial charge on any atom is 0.147 e. The molecule has 2 aromatic carbocycles. The van der Waals surface area contributed by atoms with Crippen molar-refractivity contribution < 1.29 is 15.1 Å². The normalized spacial score (nSPS) is 14.5. The standard InChI is InChI=1S/C17H19NO3/c1-13(17(20)15-10-6-3-7-11-15)18-21-12-16(19)14-8-4-2-5-9-14/h2-11,16-17,19-20H,12H2,1H3/b18-13+/t16-,17+/m0/s1. The molecule has 0 saturated carbocycles. The number of aliphatic hydroxyl groups is 2. The molecule has 2 N–H and O–H groups in total. The van der Waals surface area contributed by atoms with Gasteiger partial charge in [-0.2, -0.15) is 0 Å². The Morgan fingerprint density at radius 1 is 0.952 bits per heavy atom. The van der Waals surface area contributed by atoms with E-state index >= 15 is 0 Å². The third-order valence-corrected chi connectivity index (χ3v) is 3.14. The molecule has 0 aliphatic carbocycles. The number of nitrogens with zero attached hydrogens (tertiary/aromatic N) is 1. The molecule has 0 aromatic heterocycles. The van der Waals surface area contributed by atoms with Gasteiger partial charge < -0.3 is 15.1 Å². The van der Waals surface area contributed by atoms with E-state index in [0.29, 0.717) is 5.71 Å². The summed E-state index contributed by atoms with van der Waals surface area (Å²) in [4.78, 5) is 5.13. The highest BCUT2D eigenvalue weighted by molar-refractivity contribution is 5.86. The maximum absolute atomic E-state index is 10.1. The van der Waals surface area contributed by atoms with Crippen LogP contribution >= 0.6 is 0 Å². The fraction of sp³-hybridized carbons (Fsp3) is 0.235. The third kappa shape index (κ3) is 4.41. The number of oxime groups is 1. The van der Waals surface area contributed by atoms with E-state index in [9.17, 15) is 10.2 Å². The van der Waals surface area contributed by atoms with E-state index in [4.69, 9.17) is 4.84 Å². The van der Waals surface area contributed by atoms with Crippen LogP contribution in [0.5, 0.6) is 0 Å². The Bertz CT molecular complexity index is 569. The van der Waals surface area contributed by atoms with Gasteiger partial charge in [0.15, 0.2) is 0 Å². The van der Waals surface area contributed by atoms with Gasteiger partial charge in [-0.3, -0.25) is 0 Å². The Kier molecular flexibility index (Phi) is 5.49. The molecule has 110 valence electrons. The summed E-state index contributed by atoms with van der Waals surface area (Å²) in [5, 5.41) is 23.9. The average Bonchev–Trinajstić information content (AvgIpc) is 2.55. The largest absolute Gasteiger partial charge is 0.393 e. The first kappa shape index (κ1) is 15.2. The fourth-order valence-corrected chi connectivity index (χ4v) is 1.91. The number of benzene rings is 2. The maximum atomic E-state index is 10.1. The molecule has 0 fully saturated rings. The van der Waals surface area contributed by atoms with Crippen LogP contribution in [-0.4, -0.2) is 22.5 Å². The lowest BCUT2D eigenvalue weighted by Crippen LogP contribution is -2.10. The van der Waals surface area contributed by atoms with Gasteiger partial charge in [0.1, 0.15) is 18.8 Å². The SMILES string of the molecule is C/C(=N\OC[C@H](O)c1ccccc1)[C@@H](O)c1ccccc1. The first-order valence-electron chi connectivity index (χ1n) is 6.81. The molecule has 2 aromatic rings. The molecule has 0 unspecified atom stereocenters. The lowest BCUT2D eigenvalue weighted by molar-refractivity contribution is 0.0376. The van der Waals surface area contributed by atoms with Crippen LogP contribution < -0.4 is 0 Å². The smallest absolute Gasteiger partial charge is 0.147 e. The second-order valence-corrected chi connectivity index (χ2v) is 4.77. The van der Waals surface area contributed by atoms with E-state index < -0.39 is 12.2 Å². The number of hydrogen-bond donors (Lipinski definition) is 2. The molecular formula is C17H19NO3. The lowest BCUT2D eigenvalue weighted by Gasteiger charge is -2.12. The highest BCUT2D eigenvalue weighted by atomic mass is 16.6. The molecule has 0 aliphatic rings. The molecule has 0 aliphatic heterocycles. The van der Waals surface area contributed by atoms with E-state index in [1.54, 1.807) is 6.92 Å². The summed E-state index contributed by atoms with van der Waals surface area (Å²) < 4.78 is 0. The van der Waals surface area contributed by atoms with Crippen molar-refractivity contribution in [2.45, 2.75) is 19.1 Å². The van der Waals surface area contributed by atoms with E-state index in [1.807, 2.05) is 60.7 Å².